The first kappa shape index (κ1) is 13.5. The summed E-state index contributed by atoms with van der Waals surface area (Å²) < 4.78 is 0. The lowest BCUT2D eigenvalue weighted by molar-refractivity contribution is 0.232. The van der Waals surface area contributed by atoms with Crippen LogP contribution in [0.15, 0.2) is 18.5 Å². The van der Waals surface area contributed by atoms with Crippen LogP contribution in [0.5, 0.6) is 0 Å². The number of nitrogens with zero attached hydrogens (tertiary/aromatic N) is 1. The van der Waals surface area contributed by atoms with Crippen LogP contribution in [0.4, 0.5) is 0 Å². The van der Waals surface area contributed by atoms with Crippen LogP contribution in [0.25, 0.3) is 0 Å². The van der Waals surface area contributed by atoms with Crippen molar-refractivity contribution in [1.82, 2.24) is 10.3 Å². The van der Waals surface area contributed by atoms with E-state index in [9.17, 15) is 0 Å². The van der Waals surface area contributed by atoms with E-state index < -0.39 is 0 Å². The summed E-state index contributed by atoms with van der Waals surface area (Å²) in [5, 5.41) is 3.68. The van der Waals surface area contributed by atoms with Gasteiger partial charge in [0.05, 0.1) is 0 Å². The van der Waals surface area contributed by atoms with Crippen molar-refractivity contribution in [2.24, 2.45) is 11.8 Å². The third-order valence-corrected chi connectivity index (χ3v) is 4.37. The molecule has 0 aromatic carbocycles. The number of aryl methyl sites for hydroxylation is 1. The molecule has 2 heteroatoms. The molecular weight excluding hydrogens is 220 g/mol. The van der Waals surface area contributed by atoms with Gasteiger partial charge in [0.15, 0.2) is 0 Å². The molecule has 2 nitrogen and oxygen atoms in total. The molecule has 1 atom stereocenters. The van der Waals surface area contributed by atoms with Crippen molar-refractivity contribution in [2.45, 2.75) is 52.5 Å². The van der Waals surface area contributed by atoms with Gasteiger partial charge in [0.2, 0.25) is 0 Å². The Hall–Kier alpha value is -0.890. The van der Waals surface area contributed by atoms with Crippen LogP contribution in [0, 0.1) is 18.8 Å². The van der Waals surface area contributed by atoms with E-state index in [2.05, 4.69) is 43.3 Å². The van der Waals surface area contributed by atoms with Gasteiger partial charge < -0.3 is 5.32 Å². The Labute approximate surface area is 111 Å². The predicted molar refractivity (Wildman–Crippen MR) is 76.5 cm³/mol. The highest BCUT2D eigenvalue weighted by molar-refractivity contribution is 5.25. The maximum Gasteiger partial charge on any atom is 0.0366 e. The fraction of sp³-hybridized carbons (Fsp3) is 0.688. The van der Waals surface area contributed by atoms with Gasteiger partial charge in [-0.15, -0.1) is 0 Å². The zero-order valence-corrected chi connectivity index (χ0v) is 11.9. The summed E-state index contributed by atoms with van der Waals surface area (Å²) in [4.78, 5) is 4.32. The van der Waals surface area contributed by atoms with Gasteiger partial charge in [0.1, 0.15) is 0 Å². The predicted octanol–water partition coefficient (Wildman–Crippen LogP) is 3.87. The fourth-order valence-corrected chi connectivity index (χ4v) is 3.17. The lowest BCUT2D eigenvalue weighted by atomic mass is 9.77. The van der Waals surface area contributed by atoms with Crippen LogP contribution in [-0.4, -0.2) is 11.5 Å². The van der Waals surface area contributed by atoms with Crippen molar-refractivity contribution in [2.75, 3.05) is 6.54 Å². The molecule has 0 radical (unpaired) electrons. The number of nitrogens with one attached hydrogen (secondary N) is 1. The number of hydrogen-bond acceptors (Lipinski definition) is 2. The summed E-state index contributed by atoms with van der Waals surface area (Å²) in [5.74, 6) is 1.70. The number of rotatable bonds is 4. The van der Waals surface area contributed by atoms with Gasteiger partial charge >= 0.3 is 0 Å². The zero-order valence-electron chi connectivity index (χ0n) is 11.9. The van der Waals surface area contributed by atoms with E-state index in [1.807, 2.05) is 6.20 Å². The molecule has 1 unspecified atom stereocenters. The molecule has 1 heterocycles. The molecule has 0 bridgehead atoms. The van der Waals surface area contributed by atoms with Crippen molar-refractivity contribution in [3.05, 3.63) is 29.6 Å². The SMILES string of the molecule is CCNC(c1cnccc1C)C1CCC(C)CC1. The van der Waals surface area contributed by atoms with Crippen molar-refractivity contribution in [3.8, 4) is 0 Å². The first-order valence-corrected chi connectivity index (χ1v) is 7.36. The fourth-order valence-electron chi connectivity index (χ4n) is 3.17. The number of hydrogen-bond donors (Lipinski definition) is 1. The van der Waals surface area contributed by atoms with Crippen LogP contribution < -0.4 is 5.32 Å². The van der Waals surface area contributed by atoms with Gasteiger partial charge in [0.25, 0.3) is 0 Å². The molecule has 1 aliphatic carbocycles. The monoisotopic (exact) mass is 246 g/mol. The zero-order chi connectivity index (χ0) is 13.0. The van der Waals surface area contributed by atoms with E-state index in [0.29, 0.717) is 6.04 Å². The Morgan fingerprint density at radius 1 is 1.33 bits per heavy atom. The molecule has 0 spiro atoms. The van der Waals surface area contributed by atoms with E-state index in [-0.39, 0.29) is 0 Å². The Kier molecular flexibility index (Phi) is 4.76. The molecule has 0 saturated heterocycles. The van der Waals surface area contributed by atoms with Crippen molar-refractivity contribution >= 4 is 0 Å². The van der Waals surface area contributed by atoms with Gasteiger partial charge in [-0.1, -0.05) is 26.7 Å². The highest BCUT2D eigenvalue weighted by atomic mass is 14.9. The second-order valence-corrected chi connectivity index (χ2v) is 5.79. The number of pyridine rings is 1. The molecule has 1 aromatic heterocycles. The second kappa shape index (κ2) is 6.33. The maximum absolute atomic E-state index is 4.32. The Balaban J connectivity index is 2.15. The summed E-state index contributed by atoms with van der Waals surface area (Å²) in [7, 11) is 0. The minimum absolute atomic E-state index is 0.496. The van der Waals surface area contributed by atoms with Crippen LogP contribution in [0.2, 0.25) is 0 Å². The topological polar surface area (TPSA) is 24.9 Å². The molecule has 1 saturated carbocycles. The van der Waals surface area contributed by atoms with Crippen LogP contribution >= 0.6 is 0 Å². The van der Waals surface area contributed by atoms with Gasteiger partial charge in [-0.3, -0.25) is 4.98 Å². The molecule has 1 aliphatic rings. The standard InChI is InChI=1S/C16H26N2/c1-4-18-16(14-7-5-12(2)6-8-14)15-11-17-10-9-13(15)3/h9-12,14,16,18H,4-8H2,1-3H3. The highest BCUT2D eigenvalue weighted by Gasteiger charge is 2.27. The molecule has 2 rings (SSSR count). The first-order valence-electron chi connectivity index (χ1n) is 7.36. The van der Waals surface area contributed by atoms with E-state index in [1.165, 1.54) is 36.8 Å². The Morgan fingerprint density at radius 3 is 2.67 bits per heavy atom. The molecule has 1 fully saturated rings. The summed E-state index contributed by atoms with van der Waals surface area (Å²) in [6, 6.07) is 2.63. The molecule has 1 N–H and O–H groups in total. The summed E-state index contributed by atoms with van der Waals surface area (Å²) in [6.45, 7) is 7.82. The quantitative estimate of drug-likeness (QED) is 0.872. The lowest BCUT2D eigenvalue weighted by Crippen LogP contribution is -2.31. The van der Waals surface area contributed by atoms with Crippen molar-refractivity contribution < 1.29 is 0 Å². The molecule has 100 valence electrons. The molecule has 0 aliphatic heterocycles. The molecule has 18 heavy (non-hydrogen) atoms. The summed E-state index contributed by atoms with van der Waals surface area (Å²) in [5.41, 5.74) is 2.77. The van der Waals surface area contributed by atoms with E-state index in [1.54, 1.807) is 0 Å². The van der Waals surface area contributed by atoms with Gasteiger partial charge in [-0.25, -0.2) is 0 Å². The third-order valence-electron chi connectivity index (χ3n) is 4.37. The largest absolute Gasteiger partial charge is 0.310 e. The smallest absolute Gasteiger partial charge is 0.0366 e. The second-order valence-electron chi connectivity index (χ2n) is 5.79. The van der Waals surface area contributed by atoms with E-state index in [4.69, 9.17) is 0 Å². The Bertz CT molecular complexity index is 367. The van der Waals surface area contributed by atoms with Crippen molar-refractivity contribution in [3.63, 3.8) is 0 Å². The lowest BCUT2D eigenvalue weighted by Gasteiger charge is -2.34. The minimum atomic E-state index is 0.496. The molecular formula is C16H26N2. The minimum Gasteiger partial charge on any atom is -0.310 e. The van der Waals surface area contributed by atoms with E-state index in [0.717, 1.165) is 18.4 Å². The van der Waals surface area contributed by atoms with Gasteiger partial charge in [-0.2, -0.15) is 0 Å². The average Bonchev–Trinajstić information content (AvgIpc) is 2.38. The van der Waals surface area contributed by atoms with Crippen LogP contribution in [-0.2, 0) is 0 Å². The first-order chi connectivity index (χ1) is 8.72. The Morgan fingerprint density at radius 2 is 2.06 bits per heavy atom. The normalized spacial score (nSPS) is 25.9. The van der Waals surface area contributed by atoms with Crippen LogP contribution in [0.1, 0.15) is 56.7 Å². The summed E-state index contributed by atoms with van der Waals surface area (Å²) >= 11 is 0. The van der Waals surface area contributed by atoms with Gasteiger partial charge in [0, 0.05) is 18.4 Å². The molecule has 1 aromatic rings. The van der Waals surface area contributed by atoms with Gasteiger partial charge in [-0.05, 0) is 55.3 Å². The highest BCUT2D eigenvalue weighted by Crippen LogP contribution is 2.37. The number of aromatic nitrogens is 1. The molecule has 0 amide bonds. The van der Waals surface area contributed by atoms with Crippen LogP contribution in [0.3, 0.4) is 0 Å². The summed E-state index contributed by atoms with van der Waals surface area (Å²) in [6.07, 6.45) is 9.42. The average molecular weight is 246 g/mol. The third kappa shape index (κ3) is 3.11. The van der Waals surface area contributed by atoms with E-state index >= 15 is 0 Å². The maximum atomic E-state index is 4.32. The van der Waals surface area contributed by atoms with Crippen molar-refractivity contribution in [1.29, 1.82) is 0 Å².